The van der Waals surface area contributed by atoms with E-state index in [0.717, 1.165) is 127 Å². The molecule has 0 aliphatic carbocycles. The highest BCUT2D eigenvalue weighted by molar-refractivity contribution is 7.47. The van der Waals surface area contributed by atoms with E-state index in [9.17, 15) is 43.2 Å². The number of carbonyl (C=O) groups is 4. The first-order chi connectivity index (χ1) is 42.3. The molecule has 518 valence electrons. The summed E-state index contributed by atoms with van der Waals surface area (Å²) in [5, 5.41) is 10.6. The lowest BCUT2D eigenvalue weighted by Crippen LogP contribution is -2.30. The molecule has 0 aromatic carbocycles. The summed E-state index contributed by atoms with van der Waals surface area (Å²) >= 11 is 0. The Morgan fingerprint density at radius 3 is 1.01 bits per heavy atom. The number of ether oxygens (including phenoxy) is 4. The van der Waals surface area contributed by atoms with Crippen LogP contribution in [0.15, 0.2) is 24.3 Å². The summed E-state index contributed by atoms with van der Waals surface area (Å²) in [6, 6.07) is 0. The Hall–Kier alpha value is -2.46. The van der Waals surface area contributed by atoms with Gasteiger partial charge in [0.2, 0.25) is 0 Å². The van der Waals surface area contributed by atoms with E-state index in [1.54, 1.807) is 0 Å². The first kappa shape index (κ1) is 85.5. The molecule has 0 amide bonds. The van der Waals surface area contributed by atoms with Gasteiger partial charge in [-0.25, -0.2) is 9.13 Å². The highest BCUT2D eigenvalue weighted by atomic mass is 31.2. The summed E-state index contributed by atoms with van der Waals surface area (Å²) in [7, 11) is -9.91. The Bertz CT molecular complexity index is 1830. The summed E-state index contributed by atoms with van der Waals surface area (Å²) in [5.41, 5.74) is 0. The van der Waals surface area contributed by atoms with Crippen molar-refractivity contribution in [2.75, 3.05) is 39.6 Å². The van der Waals surface area contributed by atoms with Crippen molar-refractivity contribution < 1.29 is 80.2 Å². The van der Waals surface area contributed by atoms with Gasteiger partial charge >= 0.3 is 39.5 Å². The van der Waals surface area contributed by atoms with Crippen LogP contribution in [0.4, 0.5) is 0 Å². The molecule has 0 rings (SSSR count). The second kappa shape index (κ2) is 59.5. The third kappa shape index (κ3) is 59.8. The van der Waals surface area contributed by atoms with Gasteiger partial charge in [-0.15, -0.1) is 0 Å². The predicted molar refractivity (Wildman–Crippen MR) is 354 cm³/mol. The topological polar surface area (TPSA) is 237 Å². The van der Waals surface area contributed by atoms with Crippen LogP contribution in [0.1, 0.15) is 318 Å². The highest BCUT2D eigenvalue weighted by Crippen LogP contribution is 2.45. The maximum Gasteiger partial charge on any atom is 0.472 e. The van der Waals surface area contributed by atoms with Gasteiger partial charge in [0.1, 0.15) is 19.3 Å². The van der Waals surface area contributed by atoms with Crippen LogP contribution >= 0.6 is 15.6 Å². The lowest BCUT2D eigenvalue weighted by Gasteiger charge is -2.21. The first-order valence-corrected chi connectivity index (χ1v) is 38.2. The standard InChI is InChI=1S/C69H130O17P2/c1-8-11-12-13-14-15-16-17-18-19-20-24-27-38-45-52-68(73)86-65(57-80-67(72)51-44-37-32-30-35-42-49-62(7)10-3)59-84-88(77,78)82-55-63(70)54-81-87(75,76)83-58-64(56-79-66(71)50-43-36-31-29-33-40-47-60(4)5)85-69(74)53-46-39-28-25-22-21-23-26-34-41-48-61(6)9-2/h15-18,60-65,70H,8-14,19-59H2,1-7H3,(H,75,76)(H,77,78)/b16-15-,18-17-/t61?,62?,63-,64-,65-/m1/s1. The summed E-state index contributed by atoms with van der Waals surface area (Å²) < 4.78 is 68.1. The largest absolute Gasteiger partial charge is 0.472 e. The lowest BCUT2D eigenvalue weighted by molar-refractivity contribution is -0.161. The minimum Gasteiger partial charge on any atom is -0.462 e. The number of hydrogen-bond acceptors (Lipinski definition) is 15. The number of carbonyl (C=O) groups excluding carboxylic acids is 4. The average Bonchev–Trinajstić information content (AvgIpc) is 3.52. The van der Waals surface area contributed by atoms with E-state index in [0.29, 0.717) is 31.6 Å². The second-order valence-corrected chi connectivity index (χ2v) is 28.1. The van der Waals surface area contributed by atoms with Crippen LogP contribution in [-0.4, -0.2) is 96.7 Å². The minimum absolute atomic E-state index is 0.0835. The molecule has 7 atom stereocenters. The number of esters is 4. The molecule has 0 aliphatic heterocycles. The Labute approximate surface area is 535 Å². The molecular formula is C69H130O17P2. The fraction of sp³-hybridized carbons (Fsp3) is 0.884. The van der Waals surface area contributed by atoms with Gasteiger partial charge in [0, 0.05) is 25.7 Å². The Kier molecular flexibility index (Phi) is 57.9. The van der Waals surface area contributed by atoms with Crippen molar-refractivity contribution in [1.29, 1.82) is 0 Å². The zero-order chi connectivity index (χ0) is 65.2. The number of allylic oxidation sites excluding steroid dienone is 4. The third-order valence-electron chi connectivity index (χ3n) is 16.0. The SMILES string of the molecule is CCCCCC/C=C\C=C/CCCCCCCC(=O)O[C@H](COC(=O)CCCCCCCCC(C)CC)COP(=O)(O)OC[C@H](O)COP(=O)(O)OC[C@@H](COC(=O)CCCCCCCCC(C)C)OC(=O)CCCCCCCCCCCCC(C)CC. The fourth-order valence-electron chi connectivity index (χ4n) is 9.76. The van der Waals surface area contributed by atoms with Crippen LogP contribution in [0.25, 0.3) is 0 Å². The van der Waals surface area contributed by atoms with E-state index in [2.05, 4.69) is 72.8 Å². The summed E-state index contributed by atoms with van der Waals surface area (Å²) in [4.78, 5) is 72.4. The number of phosphoric acid groups is 2. The number of rotatable bonds is 65. The number of hydrogen-bond donors (Lipinski definition) is 3. The predicted octanol–water partition coefficient (Wildman–Crippen LogP) is 19.0. The van der Waals surface area contributed by atoms with Crippen LogP contribution < -0.4 is 0 Å². The van der Waals surface area contributed by atoms with Crippen LogP contribution in [0.5, 0.6) is 0 Å². The maximum absolute atomic E-state index is 13.0. The molecule has 0 aliphatic rings. The second-order valence-electron chi connectivity index (χ2n) is 25.2. The molecule has 0 bridgehead atoms. The molecule has 0 aromatic rings. The van der Waals surface area contributed by atoms with E-state index < -0.39 is 97.5 Å². The van der Waals surface area contributed by atoms with E-state index >= 15 is 0 Å². The molecule has 88 heavy (non-hydrogen) atoms. The van der Waals surface area contributed by atoms with Crippen molar-refractivity contribution in [3.63, 3.8) is 0 Å². The average molecular weight is 1290 g/mol. The molecule has 0 heterocycles. The van der Waals surface area contributed by atoms with E-state index in [1.165, 1.54) is 103 Å². The molecule has 0 radical (unpaired) electrons. The van der Waals surface area contributed by atoms with Crippen molar-refractivity contribution in [3.05, 3.63) is 24.3 Å². The Morgan fingerprint density at radius 2 is 0.670 bits per heavy atom. The van der Waals surface area contributed by atoms with Crippen molar-refractivity contribution in [1.82, 2.24) is 0 Å². The van der Waals surface area contributed by atoms with Gasteiger partial charge in [0.05, 0.1) is 26.4 Å². The quantitative estimate of drug-likeness (QED) is 0.0169. The van der Waals surface area contributed by atoms with E-state index in [4.69, 9.17) is 37.0 Å². The van der Waals surface area contributed by atoms with Gasteiger partial charge in [-0.05, 0) is 69.1 Å². The lowest BCUT2D eigenvalue weighted by atomic mass is 9.99. The molecule has 0 saturated carbocycles. The highest BCUT2D eigenvalue weighted by Gasteiger charge is 2.30. The minimum atomic E-state index is -4.96. The fourth-order valence-corrected chi connectivity index (χ4v) is 11.3. The Morgan fingerprint density at radius 1 is 0.375 bits per heavy atom. The molecule has 17 nitrogen and oxygen atoms in total. The summed E-state index contributed by atoms with van der Waals surface area (Å²) in [6.45, 7) is 11.7. The molecule has 0 saturated heterocycles. The van der Waals surface area contributed by atoms with Crippen molar-refractivity contribution in [2.24, 2.45) is 17.8 Å². The maximum atomic E-state index is 13.0. The van der Waals surface area contributed by atoms with Crippen LogP contribution in [0.2, 0.25) is 0 Å². The van der Waals surface area contributed by atoms with Crippen LogP contribution in [0.3, 0.4) is 0 Å². The number of phosphoric ester groups is 2. The molecule has 19 heteroatoms. The summed E-state index contributed by atoms with van der Waals surface area (Å²) in [6.07, 6.45) is 45.4. The zero-order valence-electron chi connectivity index (χ0n) is 56.7. The molecule has 4 unspecified atom stereocenters. The summed E-state index contributed by atoms with van der Waals surface area (Å²) in [5.74, 6) is 0.0443. The molecule has 0 spiro atoms. The van der Waals surface area contributed by atoms with Gasteiger partial charge in [-0.3, -0.25) is 37.3 Å². The van der Waals surface area contributed by atoms with Crippen molar-refractivity contribution in [3.8, 4) is 0 Å². The van der Waals surface area contributed by atoms with Gasteiger partial charge in [0.25, 0.3) is 0 Å². The molecule has 0 fully saturated rings. The third-order valence-corrected chi connectivity index (χ3v) is 17.9. The van der Waals surface area contributed by atoms with E-state index in [-0.39, 0.29) is 25.7 Å². The van der Waals surface area contributed by atoms with Gasteiger partial charge in [-0.2, -0.15) is 0 Å². The van der Waals surface area contributed by atoms with Crippen LogP contribution in [-0.2, 0) is 65.4 Å². The molecule has 0 aromatic heterocycles. The number of aliphatic hydroxyl groups excluding tert-OH is 1. The van der Waals surface area contributed by atoms with Crippen LogP contribution in [0, 0.1) is 17.8 Å². The molecular weight excluding hydrogens is 1160 g/mol. The van der Waals surface area contributed by atoms with E-state index in [1.807, 2.05) is 0 Å². The van der Waals surface area contributed by atoms with Gasteiger partial charge in [0.15, 0.2) is 12.2 Å². The smallest absolute Gasteiger partial charge is 0.462 e. The molecule has 3 N–H and O–H groups in total. The van der Waals surface area contributed by atoms with Gasteiger partial charge < -0.3 is 33.8 Å². The van der Waals surface area contributed by atoms with Gasteiger partial charge in [-0.1, -0.05) is 265 Å². The zero-order valence-corrected chi connectivity index (χ0v) is 58.5. The van der Waals surface area contributed by atoms with Crippen molar-refractivity contribution >= 4 is 39.5 Å². The monoisotopic (exact) mass is 1290 g/mol. The number of unbranched alkanes of at least 4 members (excludes halogenated alkanes) is 28. The normalized spacial score (nSPS) is 15.0. The Balaban J connectivity index is 5.28. The van der Waals surface area contributed by atoms with Crippen molar-refractivity contribution in [2.45, 2.75) is 336 Å². The number of aliphatic hydroxyl groups is 1. The first-order valence-electron chi connectivity index (χ1n) is 35.2.